The van der Waals surface area contributed by atoms with Gasteiger partial charge in [-0.05, 0) is 28.7 Å². The van der Waals surface area contributed by atoms with Crippen LogP contribution in [0.2, 0.25) is 0 Å². The number of hydrogen-bond donors (Lipinski definition) is 2. The molecule has 8 heteroatoms. The zero-order valence-electron chi connectivity index (χ0n) is 17.7. The van der Waals surface area contributed by atoms with E-state index in [2.05, 4.69) is 17.4 Å². The van der Waals surface area contributed by atoms with Crippen LogP contribution < -0.4 is 5.32 Å². The first kappa shape index (κ1) is 21.8. The van der Waals surface area contributed by atoms with E-state index in [9.17, 15) is 14.4 Å². The van der Waals surface area contributed by atoms with Gasteiger partial charge in [0.2, 0.25) is 5.91 Å². The quantitative estimate of drug-likeness (QED) is 0.689. The molecule has 0 unspecified atom stereocenters. The maximum Gasteiger partial charge on any atom is 0.407 e. The number of alkyl carbamates (subject to hydrolysis) is 1. The van der Waals surface area contributed by atoms with Crippen molar-refractivity contribution in [2.75, 3.05) is 32.9 Å². The summed E-state index contributed by atoms with van der Waals surface area (Å²) in [5.41, 5.74) is 4.43. The highest BCUT2D eigenvalue weighted by atomic mass is 16.5. The van der Waals surface area contributed by atoms with Gasteiger partial charge in [-0.1, -0.05) is 48.5 Å². The number of rotatable bonds is 7. The Hall–Kier alpha value is -3.39. The summed E-state index contributed by atoms with van der Waals surface area (Å²) in [6.45, 7) is 1.78. The van der Waals surface area contributed by atoms with Crippen LogP contribution in [0.25, 0.3) is 11.1 Å². The van der Waals surface area contributed by atoms with E-state index in [1.54, 1.807) is 4.90 Å². The molecule has 1 saturated heterocycles. The van der Waals surface area contributed by atoms with E-state index in [1.165, 1.54) is 0 Å². The zero-order valence-corrected chi connectivity index (χ0v) is 17.7. The van der Waals surface area contributed by atoms with Gasteiger partial charge in [-0.15, -0.1) is 0 Å². The summed E-state index contributed by atoms with van der Waals surface area (Å²) in [5, 5.41) is 11.6. The van der Waals surface area contributed by atoms with Crippen LogP contribution in [0.15, 0.2) is 48.5 Å². The number of hydrogen-bond acceptors (Lipinski definition) is 5. The Morgan fingerprint density at radius 2 is 1.62 bits per heavy atom. The lowest BCUT2D eigenvalue weighted by atomic mass is 9.98. The molecule has 2 amide bonds. The summed E-state index contributed by atoms with van der Waals surface area (Å²) in [6.07, 6.45) is -0.969. The standard InChI is InChI=1S/C24H26N2O6/c27-22(28)10-9-21(23(29)26-11-13-31-14-12-26)25-24(30)32-15-20-18-7-3-1-5-16(18)17-6-2-4-8-19(17)20/h1-8,20-21H,9-15H2,(H,25,30)(H,27,28)/t21-/m0/s1. The van der Waals surface area contributed by atoms with E-state index in [1.807, 2.05) is 36.4 Å². The number of amides is 2. The van der Waals surface area contributed by atoms with Crippen LogP contribution in [0, 0.1) is 0 Å². The van der Waals surface area contributed by atoms with E-state index in [0.29, 0.717) is 26.3 Å². The molecule has 1 aliphatic heterocycles. The third-order valence-electron chi connectivity index (χ3n) is 5.90. The lowest BCUT2D eigenvalue weighted by Crippen LogP contribution is -2.52. The number of benzene rings is 2. The van der Waals surface area contributed by atoms with E-state index in [-0.39, 0.29) is 31.3 Å². The number of fused-ring (bicyclic) bond motifs is 3. The molecule has 2 N–H and O–H groups in total. The molecule has 4 rings (SSSR count). The SMILES string of the molecule is O=C(O)CC[C@H](NC(=O)OCC1c2ccccc2-c2ccccc21)C(=O)N1CCOCC1. The first-order chi connectivity index (χ1) is 15.5. The second-order valence-electron chi connectivity index (χ2n) is 7.89. The minimum atomic E-state index is -1.03. The highest BCUT2D eigenvalue weighted by molar-refractivity contribution is 5.86. The molecule has 0 bridgehead atoms. The van der Waals surface area contributed by atoms with Crippen molar-refractivity contribution in [1.29, 1.82) is 0 Å². The van der Waals surface area contributed by atoms with Crippen molar-refractivity contribution in [3.05, 3.63) is 59.7 Å². The summed E-state index contributed by atoms with van der Waals surface area (Å²) in [5.74, 6) is -1.44. The predicted octanol–water partition coefficient (Wildman–Crippen LogP) is 2.62. The third-order valence-corrected chi connectivity index (χ3v) is 5.90. The highest BCUT2D eigenvalue weighted by Crippen LogP contribution is 2.44. The summed E-state index contributed by atoms with van der Waals surface area (Å²) in [6, 6.07) is 15.1. The number of nitrogens with zero attached hydrogens (tertiary/aromatic N) is 1. The number of carbonyl (C=O) groups excluding carboxylic acids is 2. The number of aliphatic carboxylic acids is 1. The Balaban J connectivity index is 1.42. The van der Waals surface area contributed by atoms with Crippen LogP contribution >= 0.6 is 0 Å². The molecule has 1 aliphatic carbocycles. The minimum Gasteiger partial charge on any atom is -0.481 e. The van der Waals surface area contributed by atoms with Crippen LogP contribution in [0.3, 0.4) is 0 Å². The van der Waals surface area contributed by atoms with Crippen LogP contribution in [-0.2, 0) is 19.1 Å². The number of carboxylic acid groups (broad SMARTS) is 1. The van der Waals surface area contributed by atoms with Crippen LogP contribution in [0.1, 0.15) is 29.9 Å². The first-order valence-electron chi connectivity index (χ1n) is 10.7. The van der Waals surface area contributed by atoms with Crippen molar-refractivity contribution in [3.63, 3.8) is 0 Å². The topological polar surface area (TPSA) is 105 Å². The molecule has 8 nitrogen and oxygen atoms in total. The van der Waals surface area contributed by atoms with Gasteiger partial charge in [0.1, 0.15) is 12.6 Å². The number of carbonyl (C=O) groups is 3. The largest absolute Gasteiger partial charge is 0.481 e. The van der Waals surface area contributed by atoms with E-state index < -0.39 is 18.1 Å². The summed E-state index contributed by atoms with van der Waals surface area (Å²) in [4.78, 5) is 38.0. The third kappa shape index (κ3) is 4.75. The van der Waals surface area contributed by atoms with Gasteiger partial charge in [0.25, 0.3) is 0 Å². The summed E-state index contributed by atoms with van der Waals surface area (Å²) in [7, 11) is 0. The number of carboxylic acids is 1. The molecule has 0 spiro atoms. The normalized spacial score (nSPS) is 16.1. The van der Waals surface area contributed by atoms with Crippen molar-refractivity contribution in [2.45, 2.75) is 24.8 Å². The molecular formula is C24H26N2O6. The monoisotopic (exact) mass is 438 g/mol. The maximum atomic E-state index is 12.8. The summed E-state index contributed by atoms with van der Waals surface area (Å²) >= 11 is 0. The van der Waals surface area contributed by atoms with Gasteiger partial charge in [-0.25, -0.2) is 4.79 Å². The molecule has 0 saturated carbocycles. The minimum absolute atomic E-state index is 0.00425. The molecule has 0 aromatic heterocycles. The molecule has 1 fully saturated rings. The molecule has 32 heavy (non-hydrogen) atoms. The number of morpholine rings is 1. The van der Waals surface area contributed by atoms with Gasteiger partial charge < -0.3 is 24.8 Å². The molecule has 1 atom stereocenters. The molecule has 168 valence electrons. The Labute approximate surface area is 186 Å². The molecule has 2 aromatic carbocycles. The van der Waals surface area contributed by atoms with Crippen molar-refractivity contribution in [1.82, 2.24) is 10.2 Å². The number of nitrogens with one attached hydrogen (secondary N) is 1. The number of ether oxygens (including phenoxy) is 2. The van der Waals surface area contributed by atoms with E-state index >= 15 is 0 Å². The molecular weight excluding hydrogens is 412 g/mol. The molecule has 2 aromatic rings. The van der Waals surface area contributed by atoms with Crippen molar-refractivity contribution < 1.29 is 29.0 Å². The average Bonchev–Trinajstić information content (AvgIpc) is 3.14. The van der Waals surface area contributed by atoms with Crippen LogP contribution in [0.4, 0.5) is 4.79 Å². The van der Waals surface area contributed by atoms with E-state index in [4.69, 9.17) is 14.6 Å². The second-order valence-corrected chi connectivity index (χ2v) is 7.89. The molecule has 1 heterocycles. The molecule has 2 aliphatic rings. The lowest BCUT2D eigenvalue weighted by Gasteiger charge is -2.30. The Morgan fingerprint density at radius 3 is 2.22 bits per heavy atom. The summed E-state index contributed by atoms with van der Waals surface area (Å²) < 4.78 is 10.8. The van der Waals surface area contributed by atoms with Gasteiger partial charge in [0, 0.05) is 25.4 Å². The van der Waals surface area contributed by atoms with Gasteiger partial charge in [-0.2, -0.15) is 0 Å². The van der Waals surface area contributed by atoms with Crippen molar-refractivity contribution >= 4 is 18.0 Å². The fraction of sp³-hybridized carbons (Fsp3) is 0.375. The smallest absolute Gasteiger partial charge is 0.407 e. The molecule has 0 radical (unpaired) electrons. The first-order valence-corrected chi connectivity index (χ1v) is 10.7. The zero-order chi connectivity index (χ0) is 22.5. The van der Waals surface area contributed by atoms with Crippen molar-refractivity contribution in [2.24, 2.45) is 0 Å². The fourth-order valence-electron chi connectivity index (χ4n) is 4.31. The van der Waals surface area contributed by atoms with Crippen LogP contribution in [-0.4, -0.2) is 66.9 Å². The Kier molecular flexibility index (Phi) is 6.70. The van der Waals surface area contributed by atoms with Crippen LogP contribution in [0.5, 0.6) is 0 Å². The van der Waals surface area contributed by atoms with Gasteiger partial charge >= 0.3 is 12.1 Å². The fourth-order valence-corrected chi connectivity index (χ4v) is 4.31. The van der Waals surface area contributed by atoms with Gasteiger partial charge in [-0.3, -0.25) is 9.59 Å². The Bertz CT molecular complexity index is 956. The van der Waals surface area contributed by atoms with Crippen molar-refractivity contribution in [3.8, 4) is 11.1 Å². The maximum absolute atomic E-state index is 12.8. The average molecular weight is 438 g/mol. The van der Waals surface area contributed by atoms with Gasteiger partial charge in [0.15, 0.2) is 0 Å². The van der Waals surface area contributed by atoms with Gasteiger partial charge in [0.05, 0.1) is 13.2 Å². The highest BCUT2D eigenvalue weighted by Gasteiger charge is 2.31. The predicted molar refractivity (Wildman–Crippen MR) is 116 cm³/mol. The van der Waals surface area contributed by atoms with E-state index in [0.717, 1.165) is 22.3 Å². The second kappa shape index (κ2) is 9.82. The Morgan fingerprint density at radius 1 is 1.03 bits per heavy atom. The lowest BCUT2D eigenvalue weighted by molar-refractivity contribution is -0.139.